The van der Waals surface area contributed by atoms with Crippen LogP contribution in [-0.4, -0.2) is 129 Å². The molecule has 0 saturated carbocycles. The maximum Gasteiger partial charge on any atom is 2.00 e. The Labute approximate surface area is 538 Å². The molecule has 30 heteroatoms. The SMILES string of the molecule is C#CCc1cccc(C(=O)[O-])c1OC(C)=O.C#CCc1cccc(C(=O)[O-])c1OC(C)=O.C#CCc1cccc(C(=O)[O-])c1OC(C)=O.C#CCc1cccc(C(=O)[O-])c1OC(C)=O.[C]=O.[C]=O.[C]=O.[C]=O.[C]=O.[C]=O.[C]=O.[C]=O.[C]=O.[C]=O.[C]=O.[C]=O.[Co+2].[Co+2]. The van der Waals surface area contributed by atoms with E-state index < -0.39 is 47.8 Å². The van der Waals surface area contributed by atoms with Crippen molar-refractivity contribution in [2.75, 3.05) is 0 Å². The Balaban J connectivity index is -0.0000000634. The molecule has 0 aliphatic rings. The van der Waals surface area contributed by atoms with Gasteiger partial charge < -0.3 is 58.6 Å². The molecule has 26 radical (unpaired) electrons. The van der Waals surface area contributed by atoms with Crippen LogP contribution >= 0.6 is 0 Å². The fraction of sp³-hybridized carbons (Fsp3) is 0.133. The number of carboxylic acid groups (broad SMARTS) is 4. The predicted octanol–water partition coefficient (Wildman–Crippen LogP) is -4.17. The molecule has 0 N–H and O–H groups in total. The quantitative estimate of drug-likeness (QED) is 0.0738. The van der Waals surface area contributed by atoms with Crippen LogP contribution in [0.5, 0.6) is 23.0 Å². The number of esters is 4. The van der Waals surface area contributed by atoms with E-state index in [9.17, 15) is 58.8 Å². The van der Waals surface area contributed by atoms with E-state index in [-0.39, 0.29) is 104 Å². The number of ether oxygens (including phenoxy) is 4. The third kappa shape index (κ3) is 55.1. The van der Waals surface area contributed by atoms with Gasteiger partial charge in [-0.05, 0) is 24.3 Å². The molecule has 0 amide bonds. The van der Waals surface area contributed by atoms with E-state index in [0.29, 0.717) is 22.3 Å². The number of carbonyl (C=O) groups is 8. The van der Waals surface area contributed by atoms with Crippen LogP contribution in [-0.2, 0) is 136 Å². The fourth-order valence-corrected chi connectivity index (χ4v) is 5.04. The van der Waals surface area contributed by atoms with Crippen LogP contribution in [0.4, 0.5) is 0 Å². The zero-order valence-electron chi connectivity index (χ0n) is 46.2. The second-order valence-corrected chi connectivity index (χ2v) is 12.2. The number of aromatic carboxylic acids is 4. The van der Waals surface area contributed by atoms with Crippen molar-refractivity contribution in [1.29, 1.82) is 0 Å². The van der Waals surface area contributed by atoms with Crippen LogP contribution in [0.2, 0.25) is 0 Å². The van der Waals surface area contributed by atoms with Crippen LogP contribution in [0.15, 0.2) is 72.8 Å². The zero-order valence-corrected chi connectivity index (χ0v) is 48.2. The molecule has 0 fully saturated rings. The summed E-state index contributed by atoms with van der Waals surface area (Å²) in [5.41, 5.74) is 1.18. The van der Waals surface area contributed by atoms with Gasteiger partial charge in [0.05, 0.1) is 23.9 Å². The van der Waals surface area contributed by atoms with Gasteiger partial charge in [0.25, 0.3) is 81.5 Å². The van der Waals surface area contributed by atoms with E-state index in [4.69, 9.17) is 102 Å². The smallest absolute Gasteiger partial charge is 0.545 e. The third-order valence-electron chi connectivity index (χ3n) is 7.42. The van der Waals surface area contributed by atoms with Crippen LogP contribution < -0.4 is 39.4 Å². The summed E-state index contributed by atoms with van der Waals surface area (Å²) in [6.45, 7) is 58.7. The first-order valence-corrected chi connectivity index (χ1v) is 20.5. The van der Waals surface area contributed by atoms with E-state index in [1.807, 2.05) is 0 Å². The Morgan fingerprint density at radius 2 is 0.422 bits per heavy atom. The largest absolute Gasteiger partial charge is 2.00 e. The maximum absolute atomic E-state index is 10.9. The molecular weight excluding hydrogens is 1290 g/mol. The van der Waals surface area contributed by atoms with Crippen molar-refractivity contribution >= 4 is 129 Å². The number of terminal acetylenes is 4. The molecule has 0 heterocycles. The first kappa shape index (κ1) is 113. The van der Waals surface area contributed by atoms with Crippen LogP contribution in [0.25, 0.3) is 0 Å². The normalized spacial score (nSPS) is 7.11. The van der Waals surface area contributed by atoms with Gasteiger partial charge in [0.15, 0.2) is 0 Å². The molecule has 0 aromatic heterocycles. The molecule has 0 aliphatic carbocycles. The molecule has 0 spiro atoms. The molecule has 4 aromatic rings. The Morgan fingerprint density at radius 1 is 0.300 bits per heavy atom. The van der Waals surface area contributed by atoms with Gasteiger partial charge in [0.2, 0.25) is 0 Å². The van der Waals surface area contributed by atoms with Gasteiger partial charge in [0.1, 0.15) is 23.0 Å². The van der Waals surface area contributed by atoms with E-state index in [2.05, 4.69) is 105 Å². The maximum atomic E-state index is 10.9. The van der Waals surface area contributed by atoms with Gasteiger partial charge in [-0.2, -0.15) is 0 Å². The number of hydrogen-bond donors (Lipinski definition) is 0. The minimum absolute atomic E-state index is 0. The van der Waals surface area contributed by atoms with Crippen LogP contribution in [0.3, 0.4) is 0 Å². The van der Waals surface area contributed by atoms with Gasteiger partial charge in [-0.3, -0.25) is 76.7 Å². The minimum atomic E-state index is -1.41. The molecule has 4 rings (SSSR count). The van der Waals surface area contributed by atoms with E-state index >= 15 is 0 Å². The molecule has 28 nitrogen and oxygen atoms in total. The molecule has 462 valence electrons. The standard InChI is InChI=1S/4C12H10O4.12CO.2Co/c4*1-3-5-9-6-4-7-10(12(14)15)11(9)16-8(2)13;12*1-2;;/h4*1,4,6-7H,5H2,2H3,(H,14,15);;;;;;;;;;;;;;/q;;;;;;;;;;;;;;;;2*+2/p-4. The number of para-hydroxylation sites is 4. The number of carboxylic acids is 4. The number of carbonyl (C=O) groups excluding carboxylic acids is 20. The van der Waals surface area contributed by atoms with Crippen molar-refractivity contribution in [3.8, 4) is 72.4 Å². The average Bonchev–Trinajstić information content (AvgIpc) is 3.73. The first-order chi connectivity index (χ1) is 42.2. The van der Waals surface area contributed by atoms with Crippen molar-refractivity contribution in [2.24, 2.45) is 0 Å². The fourth-order valence-electron chi connectivity index (χ4n) is 5.04. The summed E-state index contributed by atoms with van der Waals surface area (Å²) in [6, 6.07) is 17.7. The molecule has 4 aromatic carbocycles. The van der Waals surface area contributed by atoms with Crippen LogP contribution in [0, 0.1) is 49.4 Å². The molecule has 0 unspecified atom stereocenters. The van der Waals surface area contributed by atoms with Gasteiger partial charge in [-0.15, -0.1) is 49.4 Å². The Kier molecular flexibility index (Phi) is 107. The third-order valence-corrected chi connectivity index (χ3v) is 7.42. The molecular formula is C60H36Co2O28. The zero-order chi connectivity index (χ0) is 72.5. The average molecular weight is 1320 g/mol. The predicted molar refractivity (Wildman–Crippen MR) is 287 cm³/mol. The Bertz CT molecular complexity index is 2450. The van der Waals surface area contributed by atoms with Gasteiger partial charge >= 0.3 is 57.4 Å². The summed E-state index contributed by atoms with van der Waals surface area (Å²) in [4.78, 5) is 177. The van der Waals surface area contributed by atoms with Crippen molar-refractivity contribution in [3.05, 3.63) is 117 Å². The van der Waals surface area contributed by atoms with Gasteiger partial charge in [-0.1, -0.05) is 48.5 Å². The molecule has 0 saturated heterocycles. The molecule has 90 heavy (non-hydrogen) atoms. The minimum Gasteiger partial charge on any atom is -0.545 e. The van der Waals surface area contributed by atoms with E-state index in [1.165, 1.54) is 76.2 Å². The first-order valence-electron chi connectivity index (χ1n) is 20.5. The molecule has 0 bridgehead atoms. The second-order valence-electron chi connectivity index (χ2n) is 12.2. The molecule has 0 aliphatic heterocycles. The second kappa shape index (κ2) is 85.7. The van der Waals surface area contributed by atoms with E-state index in [0.717, 1.165) is 0 Å². The number of benzene rings is 4. The summed E-state index contributed by atoms with van der Waals surface area (Å²) < 4.78 is 19.3. The molecule has 0 atom stereocenters. The summed E-state index contributed by atoms with van der Waals surface area (Å²) in [7, 11) is 0. The van der Waals surface area contributed by atoms with Crippen LogP contribution in [0.1, 0.15) is 91.4 Å². The van der Waals surface area contributed by atoms with Crippen molar-refractivity contribution < 1.29 is 169 Å². The number of rotatable bonds is 12. The van der Waals surface area contributed by atoms with Gasteiger partial charge in [0, 0.05) is 97.9 Å². The van der Waals surface area contributed by atoms with E-state index in [1.54, 1.807) is 24.3 Å². The summed E-state index contributed by atoms with van der Waals surface area (Å²) in [5.74, 6) is 1.25. The number of hydrogen-bond acceptors (Lipinski definition) is 28. The van der Waals surface area contributed by atoms with Gasteiger partial charge in [-0.25, -0.2) is 0 Å². The topological polar surface area (TPSA) is 471 Å². The van der Waals surface area contributed by atoms with Crippen molar-refractivity contribution in [2.45, 2.75) is 53.4 Å². The Hall–Kier alpha value is -12.1. The summed E-state index contributed by atoms with van der Waals surface area (Å²) >= 11 is 0. The summed E-state index contributed by atoms with van der Waals surface area (Å²) in [5, 5.41) is 43.2. The Morgan fingerprint density at radius 3 is 0.511 bits per heavy atom. The monoisotopic (exact) mass is 1320 g/mol. The van der Waals surface area contributed by atoms with Crippen molar-refractivity contribution in [3.63, 3.8) is 0 Å². The van der Waals surface area contributed by atoms with Crippen molar-refractivity contribution in [1.82, 2.24) is 0 Å². The summed E-state index contributed by atoms with van der Waals surface area (Å²) in [6.07, 6.45) is 21.3.